The summed E-state index contributed by atoms with van der Waals surface area (Å²) < 4.78 is 5.23. The van der Waals surface area contributed by atoms with Crippen molar-refractivity contribution in [3.8, 4) is 5.75 Å². The number of ether oxygens (including phenoxy) is 1. The van der Waals surface area contributed by atoms with Crippen LogP contribution in [0.2, 0.25) is 0 Å². The van der Waals surface area contributed by atoms with Crippen LogP contribution < -0.4 is 19.9 Å². The van der Waals surface area contributed by atoms with Crippen molar-refractivity contribution in [3.05, 3.63) is 35.9 Å². The number of aryl methyl sites for hydroxylation is 1. The van der Waals surface area contributed by atoms with Crippen molar-refractivity contribution in [2.75, 3.05) is 61.5 Å². The number of methoxy groups -OCH3 is 1. The molecule has 3 heterocycles. The molecule has 2 aromatic rings. The Balaban J connectivity index is 1.30. The maximum absolute atomic E-state index is 12.7. The molecule has 2 amide bonds. The van der Waals surface area contributed by atoms with Crippen molar-refractivity contribution in [2.45, 2.75) is 32.6 Å². The summed E-state index contributed by atoms with van der Waals surface area (Å²) in [6.45, 7) is 6.88. The largest absolute Gasteiger partial charge is 0.497 e. The number of carbonyl (C=O) groups is 1. The molecule has 1 N–H and O–H groups in total. The normalized spacial score (nSPS) is 17.3. The highest BCUT2D eigenvalue weighted by atomic mass is 16.5. The van der Waals surface area contributed by atoms with E-state index in [1.165, 1.54) is 25.7 Å². The molecular weight excluding hydrogens is 392 g/mol. The van der Waals surface area contributed by atoms with E-state index < -0.39 is 0 Å². The molecule has 0 atom stereocenters. The Morgan fingerprint density at radius 3 is 2.03 bits per heavy atom. The molecule has 2 saturated heterocycles. The van der Waals surface area contributed by atoms with Crippen molar-refractivity contribution in [1.29, 1.82) is 0 Å². The van der Waals surface area contributed by atoms with E-state index in [1.807, 2.05) is 30.0 Å². The standard InChI is InChI=1S/C23H32N6O2/c1-18-17-19(31-2)7-8-20(18)24-23(30)29-15-13-28(14-16-29)22-10-9-21(25-26-22)27-11-5-3-4-6-12-27/h7-10,17H,3-6,11-16H2,1-2H3,(H,24,30). The first-order valence-electron chi connectivity index (χ1n) is 11.2. The number of carbonyl (C=O) groups excluding carboxylic acids is 1. The van der Waals surface area contributed by atoms with E-state index in [0.29, 0.717) is 13.1 Å². The zero-order valence-corrected chi connectivity index (χ0v) is 18.5. The Labute approximate surface area is 184 Å². The van der Waals surface area contributed by atoms with Crippen molar-refractivity contribution in [1.82, 2.24) is 15.1 Å². The van der Waals surface area contributed by atoms with Gasteiger partial charge in [0.15, 0.2) is 11.6 Å². The molecule has 2 aliphatic rings. The van der Waals surface area contributed by atoms with Gasteiger partial charge < -0.3 is 24.8 Å². The first kappa shape index (κ1) is 21.2. The number of amides is 2. The molecule has 8 heteroatoms. The van der Waals surface area contributed by atoms with E-state index in [0.717, 1.165) is 54.8 Å². The maximum Gasteiger partial charge on any atom is 0.321 e. The summed E-state index contributed by atoms with van der Waals surface area (Å²) in [4.78, 5) is 19.1. The van der Waals surface area contributed by atoms with Gasteiger partial charge in [-0.3, -0.25) is 0 Å². The summed E-state index contributed by atoms with van der Waals surface area (Å²) in [6.07, 6.45) is 5.06. The number of rotatable bonds is 4. The second kappa shape index (κ2) is 9.85. The van der Waals surface area contributed by atoms with Gasteiger partial charge in [0.2, 0.25) is 0 Å². The van der Waals surface area contributed by atoms with Crippen LogP contribution in [-0.2, 0) is 0 Å². The molecule has 0 bridgehead atoms. The molecule has 2 aliphatic heterocycles. The lowest BCUT2D eigenvalue weighted by molar-refractivity contribution is 0.208. The van der Waals surface area contributed by atoms with Gasteiger partial charge in [-0.05, 0) is 55.7 Å². The predicted octanol–water partition coefficient (Wildman–Crippen LogP) is 3.53. The third-order valence-corrected chi connectivity index (χ3v) is 6.13. The van der Waals surface area contributed by atoms with Gasteiger partial charge in [-0.25, -0.2) is 4.79 Å². The van der Waals surface area contributed by atoms with E-state index in [4.69, 9.17) is 4.74 Å². The zero-order chi connectivity index (χ0) is 21.6. The fourth-order valence-electron chi connectivity index (χ4n) is 4.19. The topological polar surface area (TPSA) is 73.8 Å². The number of aromatic nitrogens is 2. The van der Waals surface area contributed by atoms with Crippen molar-refractivity contribution < 1.29 is 9.53 Å². The third-order valence-electron chi connectivity index (χ3n) is 6.13. The molecule has 0 unspecified atom stereocenters. The number of nitrogens with one attached hydrogen (secondary N) is 1. The van der Waals surface area contributed by atoms with Gasteiger partial charge >= 0.3 is 6.03 Å². The molecule has 8 nitrogen and oxygen atoms in total. The molecule has 2 fully saturated rings. The summed E-state index contributed by atoms with van der Waals surface area (Å²) in [6, 6.07) is 9.72. The molecule has 4 rings (SSSR count). The van der Waals surface area contributed by atoms with E-state index >= 15 is 0 Å². The van der Waals surface area contributed by atoms with E-state index in [1.54, 1.807) is 7.11 Å². The van der Waals surface area contributed by atoms with Gasteiger partial charge in [0, 0.05) is 45.0 Å². The van der Waals surface area contributed by atoms with Gasteiger partial charge in [0.1, 0.15) is 5.75 Å². The van der Waals surface area contributed by atoms with Crippen molar-refractivity contribution >= 4 is 23.4 Å². The van der Waals surface area contributed by atoms with Crippen LogP contribution in [0, 0.1) is 6.92 Å². The van der Waals surface area contributed by atoms with E-state index in [-0.39, 0.29) is 6.03 Å². The average molecular weight is 425 g/mol. The number of anilines is 3. The molecule has 166 valence electrons. The summed E-state index contributed by atoms with van der Waals surface area (Å²) in [5, 5.41) is 12.0. The van der Waals surface area contributed by atoms with Gasteiger partial charge in [-0.2, -0.15) is 0 Å². The van der Waals surface area contributed by atoms with Crippen molar-refractivity contribution in [3.63, 3.8) is 0 Å². The van der Waals surface area contributed by atoms with Crippen LogP contribution in [0.5, 0.6) is 5.75 Å². The van der Waals surface area contributed by atoms with Gasteiger partial charge in [0.25, 0.3) is 0 Å². The minimum absolute atomic E-state index is 0.0736. The fourth-order valence-corrected chi connectivity index (χ4v) is 4.19. The Morgan fingerprint density at radius 1 is 0.871 bits per heavy atom. The first-order chi connectivity index (χ1) is 15.1. The van der Waals surface area contributed by atoms with Gasteiger partial charge in [-0.1, -0.05) is 12.8 Å². The second-order valence-electron chi connectivity index (χ2n) is 8.24. The Morgan fingerprint density at radius 2 is 1.48 bits per heavy atom. The average Bonchev–Trinajstić information content (AvgIpc) is 3.10. The Bertz CT molecular complexity index is 872. The number of nitrogens with zero attached hydrogens (tertiary/aromatic N) is 5. The smallest absolute Gasteiger partial charge is 0.321 e. The molecule has 1 aromatic carbocycles. The summed E-state index contributed by atoms with van der Waals surface area (Å²) in [5.41, 5.74) is 1.79. The SMILES string of the molecule is COc1ccc(NC(=O)N2CCN(c3ccc(N4CCCCCC4)nn3)CC2)c(C)c1. The molecule has 1 aromatic heterocycles. The number of hydrogen-bond donors (Lipinski definition) is 1. The summed E-state index contributed by atoms with van der Waals surface area (Å²) in [5.74, 6) is 2.63. The minimum atomic E-state index is -0.0736. The third kappa shape index (κ3) is 5.18. The second-order valence-corrected chi connectivity index (χ2v) is 8.24. The molecular formula is C23H32N6O2. The van der Waals surface area contributed by atoms with Crippen LogP contribution in [0.4, 0.5) is 22.1 Å². The monoisotopic (exact) mass is 424 g/mol. The first-order valence-corrected chi connectivity index (χ1v) is 11.2. The van der Waals surface area contributed by atoms with Crippen LogP contribution in [0.3, 0.4) is 0 Å². The highest BCUT2D eigenvalue weighted by Gasteiger charge is 2.23. The summed E-state index contributed by atoms with van der Waals surface area (Å²) >= 11 is 0. The molecule has 31 heavy (non-hydrogen) atoms. The number of urea groups is 1. The molecule has 0 spiro atoms. The summed E-state index contributed by atoms with van der Waals surface area (Å²) in [7, 11) is 1.64. The fraction of sp³-hybridized carbons (Fsp3) is 0.522. The van der Waals surface area contributed by atoms with E-state index in [2.05, 4.69) is 37.4 Å². The number of hydrogen-bond acceptors (Lipinski definition) is 6. The lowest BCUT2D eigenvalue weighted by atomic mass is 10.2. The number of benzene rings is 1. The van der Waals surface area contributed by atoms with Crippen molar-refractivity contribution in [2.24, 2.45) is 0 Å². The number of piperazine rings is 1. The van der Waals surface area contributed by atoms with Gasteiger partial charge in [0.05, 0.1) is 7.11 Å². The molecule has 0 saturated carbocycles. The van der Waals surface area contributed by atoms with Crippen LogP contribution in [0.1, 0.15) is 31.2 Å². The highest BCUT2D eigenvalue weighted by molar-refractivity contribution is 5.90. The highest BCUT2D eigenvalue weighted by Crippen LogP contribution is 2.22. The maximum atomic E-state index is 12.7. The van der Waals surface area contributed by atoms with E-state index in [9.17, 15) is 4.79 Å². The molecule has 0 radical (unpaired) electrons. The lowest BCUT2D eigenvalue weighted by Gasteiger charge is -2.35. The molecule has 0 aliphatic carbocycles. The Kier molecular flexibility index (Phi) is 6.74. The van der Waals surface area contributed by atoms with Crippen LogP contribution in [-0.4, -0.2) is 67.5 Å². The van der Waals surface area contributed by atoms with Crippen LogP contribution in [0.15, 0.2) is 30.3 Å². The predicted molar refractivity (Wildman–Crippen MR) is 123 cm³/mol. The quantitative estimate of drug-likeness (QED) is 0.809. The van der Waals surface area contributed by atoms with Crippen LogP contribution in [0.25, 0.3) is 0 Å². The zero-order valence-electron chi connectivity index (χ0n) is 18.5. The lowest BCUT2D eigenvalue weighted by Crippen LogP contribution is -2.50. The Hall–Kier alpha value is -3.03. The van der Waals surface area contributed by atoms with Crippen LogP contribution >= 0.6 is 0 Å². The van der Waals surface area contributed by atoms with Gasteiger partial charge in [-0.15, -0.1) is 10.2 Å². The minimum Gasteiger partial charge on any atom is -0.497 e.